The first kappa shape index (κ1) is 13.9. The molecule has 4 nitrogen and oxygen atoms in total. The molecule has 0 unspecified atom stereocenters. The van der Waals surface area contributed by atoms with Crippen molar-refractivity contribution < 1.29 is 9.63 Å². The second-order valence-corrected chi connectivity index (χ2v) is 4.70. The topological polar surface area (TPSA) is 43.3 Å². The van der Waals surface area contributed by atoms with Crippen LogP contribution in [0.5, 0.6) is 0 Å². The minimum absolute atomic E-state index is 0.290. The fourth-order valence-electron chi connectivity index (χ4n) is 1.57. The van der Waals surface area contributed by atoms with Crippen molar-refractivity contribution in [1.29, 1.82) is 0 Å². The Labute approximate surface area is 120 Å². The van der Waals surface area contributed by atoms with Crippen molar-refractivity contribution in [2.45, 2.75) is 6.61 Å². The molecule has 1 heterocycles. The van der Waals surface area contributed by atoms with E-state index < -0.39 is 5.91 Å². The minimum atomic E-state index is -0.396. The molecule has 0 aliphatic carbocycles. The highest BCUT2D eigenvalue weighted by atomic mass is 35.5. The van der Waals surface area contributed by atoms with Crippen LogP contribution < -0.4 is 5.48 Å². The van der Waals surface area contributed by atoms with Gasteiger partial charge in [0, 0.05) is 7.05 Å². The van der Waals surface area contributed by atoms with Gasteiger partial charge < -0.3 is 4.57 Å². The lowest BCUT2D eigenvalue weighted by atomic mass is 10.2. The predicted octanol–water partition coefficient (Wildman–Crippen LogP) is 3.19. The first-order valence-corrected chi connectivity index (χ1v) is 6.32. The number of benzene rings is 1. The Kier molecular flexibility index (Phi) is 4.47. The van der Waals surface area contributed by atoms with E-state index in [1.54, 1.807) is 7.05 Å². The second-order valence-electron chi connectivity index (χ2n) is 3.93. The van der Waals surface area contributed by atoms with Crippen molar-refractivity contribution in [1.82, 2.24) is 10.0 Å². The Morgan fingerprint density at radius 1 is 1.32 bits per heavy atom. The largest absolute Gasteiger partial charge is 0.329 e. The van der Waals surface area contributed by atoms with E-state index in [1.807, 2.05) is 30.3 Å². The van der Waals surface area contributed by atoms with Gasteiger partial charge in [-0.05, 0) is 11.6 Å². The van der Waals surface area contributed by atoms with Crippen molar-refractivity contribution >= 4 is 29.1 Å². The maximum atomic E-state index is 11.8. The zero-order valence-corrected chi connectivity index (χ0v) is 11.7. The molecule has 100 valence electrons. The summed E-state index contributed by atoms with van der Waals surface area (Å²) in [5.74, 6) is -0.396. The first-order valence-electron chi connectivity index (χ1n) is 5.56. The summed E-state index contributed by atoms with van der Waals surface area (Å²) < 4.78 is 1.49. The van der Waals surface area contributed by atoms with E-state index >= 15 is 0 Å². The lowest BCUT2D eigenvalue weighted by Crippen LogP contribution is -2.25. The predicted molar refractivity (Wildman–Crippen MR) is 74.1 cm³/mol. The van der Waals surface area contributed by atoms with Crippen LogP contribution in [-0.2, 0) is 18.5 Å². The summed E-state index contributed by atoms with van der Waals surface area (Å²) in [6.07, 6.45) is 0. The summed E-state index contributed by atoms with van der Waals surface area (Å²) in [4.78, 5) is 17.0. The van der Waals surface area contributed by atoms with Gasteiger partial charge in [0.15, 0.2) is 0 Å². The fourth-order valence-corrected chi connectivity index (χ4v) is 1.95. The average molecular weight is 299 g/mol. The highest BCUT2D eigenvalue weighted by Crippen LogP contribution is 2.24. The van der Waals surface area contributed by atoms with Crippen LogP contribution in [0.4, 0.5) is 0 Å². The van der Waals surface area contributed by atoms with E-state index in [-0.39, 0.29) is 0 Å². The third-order valence-corrected chi connectivity index (χ3v) is 3.44. The smallest absolute Gasteiger partial charge is 0.291 e. The number of hydroxylamine groups is 1. The van der Waals surface area contributed by atoms with Crippen molar-refractivity contribution in [3.63, 3.8) is 0 Å². The molecule has 0 aliphatic heterocycles. The molecule has 0 saturated heterocycles. The summed E-state index contributed by atoms with van der Waals surface area (Å²) in [5, 5.41) is 0.646. The van der Waals surface area contributed by atoms with E-state index in [4.69, 9.17) is 28.0 Å². The molecule has 0 bridgehead atoms. The Hall–Kier alpha value is -1.49. The van der Waals surface area contributed by atoms with Crippen LogP contribution in [0.1, 0.15) is 16.1 Å². The Bertz CT molecular complexity index is 582. The third-order valence-electron chi connectivity index (χ3n) is 2.60. The maximum Gasteiger partial charge on any atom is 0.291 e. The standard InChI is InChI=1S/C13H12Cl2N2O2/c1-17-11(7-10(14)12(17)15)13(18)16-19-8-9-5-3-2-4-6-9/h2-7H,8H2,1H3,(H,16,18). The molecule has 19 heavy (non-hydrogen) atoms. The van der Waals surface area contributed by atoms with Gasteiger partial charge in [-0.15, -0.1) is 0 Å². The number of carbonyl (C=O) groups excluding carboxylic acids is 1. The van der Waals surface area contributed by atoms with Crippen LogP contribution in [-0.4, -0.2) is 10.5 Å². The molecule has 2 rings (SSSR count). The SMILES string of the molecule is Cn1c(C(=O)NOCc2ccccc2)cc(Cl)c1Cl. The molecular weight excluding hydrogens is 287 g/mol. The van der Waals surface area contributed by atoms with Crippen molar-refractivity contribution in [3.05, 3.63) is 57.8 Å². The summed E-state index contributed by atoms with van der Waals surface area (Å²) in [6.45, 7) is 0.290. The van der Waals surface area contributed by atoms with E-state index in [1.165, 1.54) is 10.6 Å². The monoisotopic (exact) mass is 298 g/mol. The number of rotatable bonds is 4. The Morgan fingerprint density at radius 2 is 2.00 bits per heavy atom. The second kappa shape index (κ2) is 6.10. The van der Waals surface area contributed by atoms with Crippen LogP contribution in [0.2, 0.25) is 10.2 Å². The highest BCUT2D eigenvalue weighted by molar-refractivity contribution is 6.41. The van der Waals surface area contributed by atoms with Crippen LogP contribution in [0.3, 0.4) is 0 Å². The summed E-state index contributed by atoms with van der Waals surface area (Å²) in [7, 11) is 1.65. The summed E-state index contributed by atoms with van der Waals surface area (Å²) >= 11 is 11.7. The van der Waals surface area contributed by atoms with Gasteiger partial charge in [-0.3, -0.25) is 9.63 Å². The van der Waals surface area contributed by atoms with Gasteiger partial charge in [-0.2, -0.15) is 0 Å². The van der Waals surface area contributed by atoms with Gasteiger partial charge in [0.05, 0.1) is 11.6 Å². The molecule has 1 N–H and O–H groups in total. The van der Waals surface area contributed by atoms with E-state index in [0.29, 0.717) is 22.5 Å². The Balaban J connectivity index is 1.93. The molecule has 0 fully saturated rings. The fraction of sp³-hybridized carbons (Fsp3) is 0.154. The number of nitrogens with zero attached hydrogens (tertiary/aromatic N) is 1. The molecule has 1 amide bonds. The highest BCUT2D eigenvalue weighted by Gasteiger charge is 2.15. The average Bonchev–Trinajstić information content (AvgIpc) is 2.68. The van der Waals surface area contributed by atoms with Crippen LogP contribution in [0.15, 0.2) is 36.4 Å². The van der Waals surface area contributed by atoms with Gasteiger partial charge in [-0.1, -0.05) is 53.5 Å². The zero-order chi connectivity index (χ0) is 13.8. The molecule has 0 atom stereocenters. The molecular formula is C13H12Cl2N2O2. The number of hydrogen-bond donors (Lipinski definition) is 1. The molecule has 0 radical (unpaired) electrons. The van der Waals surface area contributed by atoms with Crippen molar-refractivity contribution in [3.8, 4) is 0 Å². The molecule has 1 aromatic heterocycles. The van der Waals surface area contributed by atoms with Crippen LogP contribution in [0, 0.1) is 0 Å². The molecule has 6 heteroatoms. The number of halogens is 2. The number of hydrogen-bond acceptors (Lipinski definition) is 2. The van der Waals surface area contributed by atoms with Gasteiger partial charge >= 0.3 is 0 Å². The normalized spacial score (nSPS) is 10.5. The van der Waals surface area contributed by atoms with E-state index in [2.05, 4.69) is 5.48 Å². The number of amides is 1. The lowest BCUT2D eigenvalue weighted by Gasteiger charge is -2.07. The summed E-state index contributed by atoms with van der Waals surface area (Å²) in [5.41, 5.74) is 3.65. The quantitative estimate of drug-likeness (QED) is 0.881. The Morgan fingerprint density at radius 3 is 2.58 bits per heavy atom. The van der Waals surface area contributed by atoms with Gasteiger partial charge in [-0.25, -0.2) is 5.48 Å². The molecule has 0 saturated carbocycles. The van der Waals surface area contributed by atoms with Crippen molar-refractivity contribution in [2.24, 2.45) is 7.05 Å². The molecule has 1 aromatic carbocycles. The lowest BCUT2D eigenvalue weighted by molar-refractivity contribution is 0.0227. The first-order chi connectivity index (χ1) is 9.09. The number of carbonyl (C=O) groups is 1. The van der Waals surface area contributed by atoms with E-state index in [9.17, 15) is 4.79 Å². The third kappa shape index (κ3) is 3.29. The van der Waals surface area contributed by atoms with Gasteiger partial charge in [0.25, 0.3) is 5.91 Å². The molecule has 0 spiro atoms. The van der Waals surface area contributed by atoms with E-state index in [0.717, 1.165) is 5.56 Å². The number of aromatic nitrogens is 1. The summed E-state index contributed by atoms with van der Waals surface area (Å²) in [6, 6.07) is 11.0. The zero-order valence-electron chi connectivity index (χ0n) is 10.2. The molecule has 2 aromatic rings. The van der Waals surface area contributed by atoms with Crippen LogP contribution in [0.25, 0.3) is 0 Å². The van der Waals surface area contributed by atoms with Gasteiger partial charge in [0.2, 0.25) is 0 Å². The van der Waals surface area contributed by atoms with Crippen LogP contribution >= 0.6 is 23.2 Å². The minimum Gasteiger partial charge on any atom is -0.329 e. The maximum absolute atomic E-state index is 11.8. The van der Waals surface area contributed by atoms with Gasteiger partial charge in [0.1, 0.15) is 10.8 Å². The number of nitrogens with one attached hydrogen (secondary N) is 1. The molecule has 0 aliphatic rings. The van der Waals surface area contributed by atoms with Crippen molar-refractivity contribution in [2.75, 3.05) is 0 Å².